The second kappa shape index (κ2) is 12.7. The lowest BCUT2D eigenvalue weighted by Gasteiger charge is -2.42. The summed E-state index contributed by atoms with van der Waals surface area (Å²) >= 11 is 0. The van der Waals surface area contributed by atoms with E-state index in [1.165, 1.54) is 72.2 Å². The molecule has 0 bridgehead atoms. The average molecular weight is 694 g/mol. The third-order valence-corrected chi connectivity index (χ3v) is 11.1. The summed E-state index contributed by atoms with van der Waals surface area (Å²) in [5.74, 6) is 0. The predicted molar refractivity (Wildman–Crippen MR) is 228 cm³/mol. The van der Waals surface area contributed by atoms with Crippen LogP contribution in [0.5, 0.6) is 0 Å². The second-order valence-corrected chi connectivity index (χ2v) is 14.7. The minimum atomic E-state index is -0.219. The summed E-state index contributed by atoms with van der Waals surface area (Å²) < 4.78 is 2.38. The highest BCUT2D eigenvalue weighted by molar-refractivity contribution is 6.11. The Balaban J connectivity index is 1.13. The Bertz CT molecular complexity index is 2820. The van der Waals surface area contributed by atoms with E-state index in [1.807, 2.05) is 6.07 Å². The summed E-state index contributed by atoms with van der Waals surface area (Å²) in [7, 11) is 0. The van der Waals surface area contributed by atoms with E-state index in [4.69, 9.17) is 0 Å². The minimum absolute atomic E-state index is 0.219. The summed E-state index contributed by atoms with van der Waals surface area (Å²) in [5, 5.41) is 6.16. The van der Waals surface area contributed by atoms with E-state index in [-0.39, 0.29) is 5.41 Å². The molecule has 9 aromatic rings. The van der Waals surface area contributed by atoms with E-state index in [2.05, 4.69) is 217 Å². The maximum atomic E-state index is 3.67. The third kappa shape index (κ3) is 5.20. The molecular weight excluding hydrogens is 655 g/mol. The first-order chi connectivity index (χ1) is 26.5. The van der Waals surface area contributed by atoms with Crippen molar-refractivity contribution in [1.82, 2.24) is 4.57 Å². The van der Waals surface area contributed by atoms with Gasteiger partial charge in [-0.25, -0.2) is 0 Å². The van der Waals surface area contributed by atoms with Crippen LogP contribution in [0.25, 0.3) is 49.7 Å². The van der Waals surface area contributed by atoms with Crippen molar-refractivity contribution in [2.75, 3.05) is 10.2 Å². The first-order valence-corrected chi connectivity index (χ1v) is 18.7. The summed E-state index contributed by atoms with van der Waals surface area (Å²) in [6.07, 6.45) is 0. The van der Waals surface area contributed by atoms with Gasteiger partial charge in [-0.1, -0.05) is 129 Å². The van der Waals surface area contributed by atoms with E-state index < -0.39 is 0 Å². The quantitative estimate of drug-likeness (QED) is 0.187. The topological polar surface area (TPSA) is 20.2 Å². The van der Waals surface area contributed by atoms with Crippen molar-refractivity contribution in [1.29, 1.82) is 0 Å². The molecule has 8 aromatic carbocycles. The molecule has 3 nitrogen and oxygen atoms in total. The Hall–Kier alpha value is -6.84. The number of nitrogens with one attached hydrogen (secondary N) is 1. The Morgan fingerprint density at radius 3 is 1.87 bits per heavy atom. The molecule has 0 spiro atoms. The van der Waals surface area contributed by atoms with Gasteiger partial charge in [-0.2, -0.15) is 0 Å². The van der Waals surface area contributed by atoms with E-state index in [0.29, 0.717) is 0 Å². The van der Waals surface area contributed by atoms with E-state index in [9.17, 15) is 0 Å². The van der Waals surface area contributed by atoms with Crippen LogP contribution in [0.4, 0.5) is 28.4 Å². The lowest BCUT2D eigenvalue weighted by molar-refractivity contribution is 0.632. The largest absolute Gasteiger partial charge is 0.355 e. The number of nitrogens with zero attached hydrogens (tertiary/aromatic N) is 2. The van der Waals surface area contributed by atoms with Gasteiger partial charge in [-0.05, 0) is 107 Å². The fourth-order valence-electron chi connectivity index (χ4n) is 8.48. The van der Waals surface area contributed by atoms with Crippen molar-refractivity contribution in [3.63, 3.8) is 0 Å². The van der Waals surface area contributed by atoms with Gasteiger partial charge in [0, 0.05) is 44.5 Å². The molecule has 1 aliphatic rings. The third-order valence-electron chi connectivity index (χ3n) is 11.1. The molecule has 0 unspecified atom stereocenters. The molecule has 1 aliphatic heterocycles. The number of hydrogen-bond donors (Lipinski definition) is 1. The monoisotopic (exact) mass is 693 g/mol. The molecule has 0 aliphatic carbocycles. The molecule has 0 atom stereocenters. The predicted octanol–water partition coefficient (Wildman–Crippen LogP) is 14.0. The molecule has 54 heavy (non-hydrogen) atoms. The van der Waals surface area contributed by atoms with Crippen LogP contribution in [0.15, 0.2) is 194 Å². The number of anilines is 5. The van der Waals surface area contributed by atoms with Gasteiger partial charge in [0.15, 0.2) is 0 Å². The van der Waals surface area contributed by atoms with E-state index in [1.54, 1.807) is 0 Å². The molecule has 0 fully saturated rings. The number of aromatic nitrogens is 1. The minimum Gasteiger partial charge on any atom is -0.355 e. The molecule has 0 radical (unpaired) electrons. The standard InChI is InChI=1S/C51H39N3/c1-51(2)44-23-13-15-25-49(44)54(40-28-31-48-43(34-40)41-22-12-14-24-47(41)53(48)39-20-10-5-11-21-39)50-30-27-37(33-45(50)51)36-26-29-46(52-38-18-8-4-9-19-38)42(32-36)35-16-6-3-7-17-35/h3-34,52H,1-2H3. The molecule has 3 heteroatoms. The van der Waals surface area contributed by atoms with Crippen LogP contribution >= 0.6 is 0 Å². The van der Waals surface area contributed by atoms with Gasteiger partial charge in [0.1, 0.15) is 0 Å². The molecule has 1 N–H and O–H groups in total. The highest BCUT2D eigenvalue weighted by Crippen LogP contribution is 2.53. The Morgan fingerprint density at radius 1 is 0.426 bits per heavy atom. The van der Waals surface area contributed by atoms with Gasteiger partial charge in [-0.3, -0.25) is 0 Å². The zero-order valence-electron chi connectivity index (χ0n) is 30.4. The van der Waals surface area contributed by atoms with Gasteiger partial charge in [-0.15, -0.1) is 0 Å². The Labute approximate surface area is 316 Å². The lowest BCUT2D eigenvalue weighted by atomic mass is 9.73. The highest BCUT2D eigenvalue weighted by atomic mass is 15.2. The average Bonchev–Trinajstić information content (AvgIpc) is 3.56. The molecule has 0 saturated carbocycles. The second-order valence-electron chi connectivity index (χ2n) is 14.7. The van der Waals surface area contributed by atoms with Gasteiger partial charge in [0.05, 0.1) is 22.4 Å². The normalized spacial score (nSPS) is 13.1. The van der Waals surface area contributed by atoms with Crippen molar-refractivity contribution in [3.05, 3.63) is 205 Å². The van der Waals surface area contributed by atoms with Crippen LogP contribution in [0, 0.1) is 0 Å². The van der Waals surface area contributed by atoms with Gasteiger partial charge in [0.25, 0.3) is 0 Å². The van der Waals surface area contributed by atoms with Gasteiger partial charge < -0.3 is 14.8 Å². The highest BCUT2D eigenvalue weighted by Gasteiger charge is 2.37. The van der Waals surface area contributed by atoms with Crippen LogP contribution in [0.1, 0.15) is 25.0 Å². The van der Waals surface area contributed by atoms with Gasteiger partial charge in [0.2, 0.25) is 0 Å². The lowest BCUT2D eigenvalue weighted by Crippen LogP contribution is -2.30. The smallest absolute Gasteiger partial charge is 0.0542 e. The molecule has 258 valence electrons. The van der Waals surface area contributed by atoms with Crippen LogP contribution in [-0.4, -0.2) is 4.57 Å². The number of rotatable bonds is 6. The number of hydrogen-bond acceptors (Lipinski definition) is 2. The first kappa shape index (κ1) is 31.9. The number of benzene rings is 8. The summed E-state index contributed by atoms with van der Waals surface area (Å²) in [4.78, 5) is 2.47. The summed E-state index contributed by atoms with van der Waals surface area (Å²) in [5.41, 5.74) is 16.4. The van der Waals surface area contributed by atoms with Gasteiger partial charge >= 0.3 is 0 Å². The first-order valence-electron chi connectivity index (χ1n) is 18.7. The van der Waals surface area contributed by atoms with Crippen LogP contribution in [0.3, 0.4) is 0 Å². The molecule has 10 rings (SSSR count). The van der Waals surface area contributed by atoms with Crippen molar-refractivity contribution in [3.8, 4) is 27.9 Å². The van der Waals surface area contributed by atoms with Crippen molar-refractivity contribution >= 4 is 50.2 Å². The van der Waals surface area contributed by atoms with Crippen molar-refractivity contribution in [2.24, 2.45) is 0 Å². The van der Waals surface area contributed by atoms with Crippen molar-refractivity contribution in [2.45, 2.75) is 19.3 Å². The van der Waals surface area contributed by atoms with E-state index in [0.717, 1.165) is 17.1 Å². The molecule has 1 aromatic heterocycles. The van der Waals surface area contributed by atoms with Crippen LogP contribution in [-0.2, 0) is 5.41 Å². The molecular formula is C51H39N3. The van der Waals surface area contributed by atoms with Crippen molar-refractivity contribution < 1.29 is 0 Å². The maximum absolute atomic E-state index is 3.67. The molecule has 2 heterocycles. The van der Waals surface area contributed by atoms with E-state index >= 15 is 0 Å². The summed E-state index contributed by atoms with van der Waals surface area (Å²) in [6.45, 7) is 4.73. The zero-order valence-corrected chi connectivity index (χ0v) is 30.4. The fraction of sp³-hybridized carbons (Fsp3) is 0.0588. The number of para-hydroxylation sites is 4. The fourth-order valence-corrected chi connectivity index (χ4v) is 8.48. The number of fused-ring (bicyclic) bond motifs is 5. The molecule has 0 amide bonds. The zero-order chi connectivity index (χ0) is 36.2. The summed E-state index contributed by atoms with van der Waals surface area (Å²) in [6, 6.07) is 70.2. The SMILES string of the molecule is CC1(C)c2ccccc2N(c2ccc3c(c2)c2ccccc2n3-c2ccccc2)c2ccc(-c3ccc(Nc4ccccc4)c(-c4ccccc4)c3)cc21. The maximum Gasteiger partial charge on any atom is 0.0542 e. The Kier molecular flexibility index (Phi) is 7.48. The van der Waals surface area contributed by atoms with Crippen LogP contribution in [0.2, 0.25) is 0 Å². The Morgan fingerprint density at radius 2 is 1.06 bits per heavy atom. The molecule has 0 saturated heterocycles. The van der Waals surface area contributed by atoms with Crippen LogP contribution < -0.4 is 10.2 Å².